The van der Waals surface area contributed by atoms with Crippen molar-refractivity contribution in [3.63, 3.8) is 0 Å². The number of hydrogen-bond acceptors (Lipinski definition) is 3. The van der Waals surface area contributed by atoms with Crippen molar-refractivity contribution in [3.8, 4) is 0 Å². The van der Waals surface area contributed by atoms with Crippen LogP contribution in [0.3, 0.4) is 0 Å². The second-order valence-electron chi connectivity index (χ2n) is 4.34. The summed E-state index contributed by atoms with van der Waals surface area (Å²) in [6.07, 6.45) is 0. The zero-order chi connectivity index (χ0) is 13.1. The molecule has 1 unspecified atom stereocenters. The Morgan fingerprint density at radius 3 is 3.00 bits per heavy atom. The topological polar surface area (TPSA) is 32.3 Å². The van der Waals surface area contributed by atoms with Crippen LogP contribution in [-0.2, 0) is 0 Å². The molecule has 1 atom stereocenters. The number of nitrogens with zero attached hydrogens (tertiary/aromatic N) is 1. The van der Waals surface area contributed by atoms with Crippen molar-refractivity contribution in [2.45, 2.75) is 12.2 Å². The smallest absolute Gasteiger partial charge is 0.256 e. The largest absolute Gasteiger partial charge is 0.385 e. The van der Waals surface area contributed by atoms with Crippen molar-refractivity contribution >= 4 is 23.4 Å². The molecule has 1 saturated heterocycles. The van der Waals surface area contributed by atoms with Gasteiger partial charge >= 0.3 is 0 Å². The molecule has 1 fully saturated rings. The van der Waals surface area contributed by atoms with Gasteiger partial charge in [0.1, 0.15) is 5.82 Å². The van der Waals surface area contributed by atoms with Crippen molar-refractivity contribution in [1.82, 2.24) is 4.90 Å². The molecule has 1 aromatic carbocycles. The van der Waals surface area contributed by atoms with Gasteiger partial charge in [-0.25, -0.2) is 4.39 Å². The molecular formula is C13H17FN2OS. The maximum atomic E-state index is 13.6. The van der Waals surface area contributed by atoms with Crippen LogP contribution in [0.15, 0.2) is 18.2 Å². The fourth-order valence-corrected chi connectivity index (χ4v) is 3.14. The zero-order valence-electron chi connectivity index (χ0n) is 10.6. The summed E-state index contributed by atoms with van der Waals surface area (Å²) in [6, 6.07) is 4.60. The van der Waals surface area contributed by atoms with E-state index in [0.29, 0.717) is 10.8 Å². The Labute approximate surface area is 111 Å². The van der Waals surface area contributed by atoms with Gasteiger partial charge in [-0.2, -0.15) is 11.8 Å². The fraction of sp³-hybridized carbons (Fsp3) is 0.462. The molecule has 0 bridgehead atoms. The van der Waals surface area contributed by atoms with Crippen LogP contribution in [0.25, 0.3) is 0 Å². The molecule has 1 aliphatic heterocycles. The first-order chi connectivity index (χ1) is 8.63. The number of benzene rings is 1. The molecule has 1 heterocycles. The fourth-order valence-electron chi connectivity index (χ4n) is 2.13. The SMILES string of the molecule is CNc1c(F)cccc1C(=O)N1CCSC(C)C1. The van der Waals surface area contributed by atoms with Crippen molar-refractivity contribution in [1.29, 1.82) is 0 Å². The summed E-state index contributed by atoms with van der Waals surface area (Å²) in [5.41, 5.74) is 0.699. The minimum Gasteiger partial charge on any atom is -0.385 e. The highest BCUT2D eigenvalue weighted by atomic mass is 32.2. The number of carbonyl (C=O) groups excluding carboxylic acids is 1. The molecule has 3 nitrogen and oxygen atoms in total. The molecule has 1 aliphatic rings. The first-order valence-corrected chi connectivity index (χ1v) is 7.05. The lowest BCUT2D eigenvalue weighted by Crippen LogP contribution is -2.41. The Morgan fingerprint density at radius 1 is 1.56 bits per heavy atom. The number of rotatable bonds is 2. The quantitative estimate of drug-likeness (QED) is 0.894. The van der Waals surface area contributed by atoms with Gasteiger partial charge in [0, 0.05) is 31.1 Å². The molecule has 1 aromatic rings. The molecule has 0 spiro atoms. The first kappa shape index (κ1) is 13.2. The molecule has 2 rings (SSSR count). The predicted molar refractivity (Wildman–Crippen MR) is 73.8 cm³/mol. The van der Waals surface area contributed by atoms with Crippen molar-refractivity contribution in [3.05, 3.63) is 29.6 Å². The van der Waals surface area contributed by atoms with Gasteiger partial charge in [-0.3, -0.25) is 4.79 Å². The molecule has 0 radical (unpaired) electrons. The lowest BCUT2D eigenvalue weighted by atomic mass is 10.1. The molecule has 1 N–H and O–H groups in total. The highest BCUT2D eigenvalue weighted by Gasteiger charge is 2.24. The van der Waals surface area contributed by atoms with Crippen LogP contribution in [0, 0.1) is 5.82 Å². The molecular weight excluding hydrogens is 251 g/mol. The van der Waals surface area contributed by atoms with E-state index in [-0.39, 0.29) is 17.4 Å². The van der Waals surface area contributed by atoms with E-state index in [9.17, 15) is 9.18 Å². The number of amides is 1. The number of thioether (sulfide) groups is 1. The second kappa shape index (κ2) is 5.61. The molecule has 18 heavy (non-hydrogen) atoms. The minimum atomic E-state index is -0.386. The summed E-state index contributed by atoms with van der Waals surface area (Å²) in [5.74, 6) is 0.464. The number of halogens is 1. The van der Waals surface area contributed by atoms with E-state index < -0.39 is 0 Å². The average Bonchev–Trinajstić information content (AvgIpc) is 2.37. The van der Waals surface area contributed by atoms with Gasteiger partial charge < -0.3 is 10.2 Å². The van der Waals surface area contributed by atoms with Crippen LogP contribution < -0.4 is 5.32 Å². The van der Waals surface area contributed by atoms with Crippen LogP contribution >= 0.6 is 11.8 Å². The molecule has 1 amide bonds. The van der Waals surface area contributed by atoms with Crippen LogP contribution in [0.4, 0.5) is 10.1 Å². The molecule has 5 heteroatoms. The van der Waals surface area contributed by atoms with E-state index in [1.807, 2.05) is 11.8 Å². The normalized spacial score (nSPS) is 19.7. The summed E-state index contributed by atoms with van der Waals surface area (Å²) in [7, 11) is 1.63. The summed E-state index contributed by atoms with van der Waals surface area (Å²) in [5, 5.41) is 3.21. The number of para-hydroxylation sites is 1. The van der Waals surface area contributed by atoms with E-state index in [2.05, 4.69) is 12.2 Å². The number of anilines is 1. The monoisotopic (exact) mass is 268 g/mol. The Hall–Kier alpha value is -1.23. The Balaban J connectivity index is 2.25. The summed E-state index contributed by atoms with van der Waals surface area (Å²) >= 11 is 1.86. The number of hydrogen-bond donors (Lipinski definition) is 1. The molecule has 0 aliphatic carbocycles. The van der Waals surface area contributed by atoms with Gasteiger partial charge in [0.25, 0.3) is 5.91 Å². The standard InChI is InChI=1S/C13H17FN2OS/c1-9-8-16(6-7-18-9)13(17)10-4-3-5-11(14)12(10)15-2/h3-5,9,15H,6-8H2,1-2H3. The van der Waals surface area contributed by atoms with Gasteiger partial charge in [-0.15, -0.1) is 0 Å². The van der Waals surface area contributed by atoms with Crippen molar-refractivity contribution in [2.75, 3.05) is 31.2 Å². The van der Waals surface area contributed by atoms with E-state index in [4.69, 9.17) is 0 Å². The maximum absolute atomic E-state index is 13.6. The van der Waals surface area contributed by atoms with Crippen molar-refractivity contribution in [2.24, 2.45) is 0 Å². The van der Waals surface area contributed by atoms with Crippen LogP contribution in [0.2, 0.25) is 0 Å². The van der Waals surface area contributed by atoms with Gasteiger partial charge in [0.2, 0.25) is 0 Å². The van der Waals surface area contributed by atoms with Gasteiger partial charge in [-0.1, -0.05) is 13.0 Å². The van der Waals surface area contributed by atoms with Crippen molar-refractivity contribution < 1.29 is 9.18 Å². The van der Waals surface area contributed by atoms with Gasteiger partial charge in [0.15, 0.2) is 0 Å². The second-order valence-corrected chi connectivity index (χ2v) is 5.89. The molecule has 0 saturated carbocycles. The van der Waals surface area contributed by atoms with E-state index in [1.165, 1.54) is 6.07 Å². The lowest BCUT2D eigenvalue weighted by Gasteiger charge is -2.31. The third kappa shape index (κ3) is 2.61. The van der Waals surface area contributed by atoms with Crippen LogP contribution in [0.5, 0.6) is 0 Å². The Morgan fingerprint density at radius 2 is 2.33 bits per heavy atom. The number of carbonyl (C=O) groups is 1. The summed E-state index contributed by atoms with van der Waals surface area (Å²) in [4.78, 5) is 14.2. The maximum Gasteiger partial charge on any atom is 0.256 e. The van der Waals surface area contributed by atoms with Gasteiger partial charge in [-0.05, 0) is 12.1 Å². The van der Waals surface area contributed by atoms with Crippen LogP contribution in [-0.4, -0.2) is 41.9 Å². The van der Waals surface area contributed by atoms with E-state index in [0.717, 1.165) is 18.8 Å². The lowest BCUT2D eigenvalue weighted by molar-refractivity contribution is 0.0763. The third-order valence-electron chi connectivity index (χ3n) is 3.02. The highest BCUT2D eigenvalue weighted by Crippen LogP contribution is 2.24. The Kier molecular flexibility index (Phi) is 4.11. The van der Waals surface area contributed by atoms with Crippen LogP contribution in [0.1, 0.15) is 17.3 Å². The number of nitrogens with one attached hydrogen (secondary N) is 1. The third-order valence-corrected chi connectivity index (χ3v) is 4.16. The predicted octanol–water partition coefficient (Wildman–Crippen LogP) is 2.44. The van der Waals surface area contributed by atoms with E-state index >= 15 is 0 Å². The first-order valence-electron chi connectivity index (χ1n) is 6.00. The van der Waals surface area contributed by atoms with Gasteiger partial charge in [0.05, 0.1) is 11.3 Å². The summed E-state index contributed by atoms with van der Waals surface area (Å²) < 4.78 is 13.6. The molecule has 98 valence electrons. The zero-order valence-corrected chi connectivity index (χ0v) is 11.4. The highest BCUT2D eigenvalue weighted by molar-refractivity contribution is 7.99. The van der Waals surface area contributed by atoms with E-state index in [1.54, 1.807) is 24.1 Å². The average molecular weight is 268 g/mol. The minimum absolute atomic E-state index is 0.0917. The summed E-state index contributed by atoms with van der Waals surface area (Å²) in [6.45, 7) is 3.56. The Bertz CT molecular complexity index is 453. The molecule has 0 aromatic heterocycles.